The number of hydrogen-bond acceptors (Lipinski definition) is 2. The topological polar surface area (TPSA) is 46.3 Å². The fraction of sp³-hybridized carbons (Fsp3) is 0.350. The van der Waals surface area contributed by atoms with E-state index in [9.17, 15) is 4.79 Å². The van der Waals surface area contributed by atoms with Crippen LogP contribution in [0.1, 0.15) is 31.4 Å². The molecular formula is C20H26N2O. The zero-order chi connectivity index (χ0) is 16.7. The molecule has 0 aliphatic heterocycles. The van der Waals surface area contributed by atoms with Crippen molar-refractivity contribution in [2.45, 2.75) is 39.2 Å². The van der Waals surface area contributed by atoms with Gasteiger partial charge < -0.3 is 10.6 Å². The number of nitrogens with two attached hydrogens (primary N) is 1. The smallest absolute Gasteiger partial charge is 0.227 e. The summed E-state index contributed by atoms with van der Waals surface area (Å²) in [5, 5.41) is 0. The Morgan fingerprint density at radius 1 is 1.00 bits per heavy atom. The van der Waals surface area contributed by atoms with E-state index in [0.717, 1.165) is 30.6 Å². The van der Waals surface area contributed by atoms with Crippen LogP contribution < -0.4 is 5.73 Å². The summed E-state index contributed by atoms with van der Waals surface area (Å²) in [5.74, 6) is 0.181. The van der Waals surface area contributed by atoms with Crippen molar-refractivity contribution in [1.82, 2.24) is 4.90 Å². The number of hydrogen-bond donors (Lipinski definition) is 1. The highest BCUT2D eigenvalue weighted by molar-refractivity contribution is 5.79. The van der Waals surface area contributed by atoms with Crippen LogP contribution in [0.4, 0.5) is 5.69 Å². The monoisotopic (exact) mass is 310 g/mol. The number of amides is 1. The lowest BCUT2D eigenvalue weighted by Gasteiger charge is -2.30. The second-order valence-electron chi connectivity index (χ2n) is 5.85. The maximum absolute atomic E-state index is 12.7. The van der Waals surface area contributed by atoms with E-state index in [2.05, 4.69) is 38.1 Å². The maximum atomic E-state index is 12.7. The van der Waals surface area contributed by atoms with Crippen molar-refractivity contribution in [1.29, 1.82) is 0 Å². The third kappa shape index (κ3) is 4.85. The van der Waals surface area contributed by atoms with Crippen LogP contribution in [0, 0.1) is 0 Å². The molecule has 0 aliphatic rings. The van der Waals surface area contributed by atoms with Crippen molar-refractivity contribution in [2.24, 2.45) is 0 Å². The summed E-state index contributed by atoms with van der Waals surface area (Å²) in [6.45, 7) is 4.93. The molecule has 2 aromatic carbocycles. The van der Waals surface area contributed by atoms with Crippen LogP contribution in [0.25, 0.3) is 0 Å². The number of benzene rings is 2. The molecule has 3 nitrogen and oxygen atoms in total. The fourth-order valence-corrected chi connectivity index (χ4v) is 2.91. The van der Waals surface area contributed by atoms with Crippen molar-refractivity contribution in [2.75, 3.05) is 12.3 Å². The molecule has 0 bridgehead atoms. The molecule has 23 heavy (non-hydrogen) atoms. The van der Waals surface area contributed by atoms with Crippen molar-refractivity contribution in [3.05, 3.63) is 65.7 Å². The molecule has 1 amide bonds. The standard InChI is InChI=1S/C20H26N2O/c1-3-19(14-16-8-6-5-7-9-16)22(4-2)20(23)15-17-10-12-18(21)13-11-17/h5-13,19H,3-4,14-15,21H2,1-2H3. The Balaban J connectivity index is 2.06. The molecule has 0 fully saturated rings. The van der Waals surface area contributed by atoms with Crippen LogP contribution >= 0.6 is 0 Å². The number of likely N-dealkylation sites (N-methyl/N-ethyl adjacent to an activating group) is 1. The molecule has 0 heterocycles. The first-order valence-corrected chi connectivity index (χ1v) is 8.31. The molecule has 2 aromatic rings. The molecule has 0 aromatic heterocycles. The van der Waals surface area contributed by atoms with Gasteiger partial charge in [-0.3, -0.25) is 4.79 Å². The molecule has 2 N–H and O–H groups in total. The number of rotatable bonds is 7. The van der Waals surface area contributed by atoms with E-state index in [1.54, 1.807) is 0 Å². The van der Waals surface area contributed by atoms with E-state index in [1.165, 1.54) is 5.56 Å². The van der Waals surface area contributed by atoms with Crippen molar-refractivity contribution < 1.29 is 4.79 Å². The number of anilines is 1. The van der Waals surface area contributed by atoms with Gasteiger partial charge in [0.05, 0.1) is 6.42 Å². The minimum atomic E-state index is 0.181. The lowest BCUT2D eigenvalue weighted by Crippen LogP contribution is -2.42. The Morgan fingerprint density at radius 2 is 1.65 bits per heavy atom. The minimum Gasteiger partial charge on any atom is -0.399 e. The van der Waals surface area contributed by atoms with Gasteiger partial charge in [-0.25, -0.2) is 0 Å². The van der Waals surface area contributed by atoms with E-state index in [-0.39, 0.29) is 11.9 Å². The van der Waals surface area contributed by atoms with E-state index in [0.29, 0.717) is 6.42 Å². The van der Waals surface area contributed by atoms with Crippen molar-refractivity contribution >= 4 is 11.6 Å². The predicted octanol–water partition coefficient (Wildman–Crippen LogP) is 3.68. The lowest BCUT2D eigenvalue weighted by atomic mass is 10.0. The van der Waals surface area contributed by atoms with Crippen molar-refractivity contribution in [3.63, 3.8) is 0 Å². The number of nitrogen functional groups attached to an aromatic ring is 1. The molecule has 2 rings (SSSR count). The van der Waals surface area contributed by atoms with Gasteiger partial charge in [0, 0.05) is 18.3 Å². The quantitative estimate of drug-likeness (QED) is 0.793. The summed E-state index contributed by atoms with van der Waals surface area (Å²) in [6.07, 6.45) is 2.29. The Morgan fingerprint density at radius 3 is 2.22 bits per heavy atom. The molecule has 0 aliphatic carbocycles. The SMILES string of the molecule is CCC(Cc1ccccc1)N(CC)C(=O)Cc1ccc(N)cc1. The number of nitrogens with zero attached hydrogens (tertiary/aromatic N) is 1. The van der Waals surface area contributed by atoms with Gasteiger partial charge in [0.25, 0.3) is 0 Å². The highest BCUT2D eigenvalue weighted by Crippen LogP contribution is 2.15. The largest absolute Gasteiger partial charge is 0.399 e. The van der Waals surface area contributed by atoms with E-state index in [4.69, 9.17) is 5.73 Å². The Labute approximate surface area is 139 Å². The second-order valence-corrected chi connectivity index (χ2v) is 5.85. The fourth-order valence-electron chi connectivity index (χ4n) is 2.91. The lowest BCUT2D eigenvalue weighted by molar-refractivity contribution is -0.132. The summed E-state index contributed by atoms with van der Waals surface area (Å²) < 4.78 is 0. The van der Waals surface area contributed by atoms with Crippen LogP contribution in [-0.4, -0.2) is 23.4 Å². The molecular weight excluding hydrogens is 284 g/mol. The molecule has 0 radical (unpaired) electrons. The summed E-state index contributed by atoms with van der Waals surface area (Å²) >= 11 is 0. The van der Waals surface area contributed by atoms with Gasteiger partial charge in [0.2, 0.25) is 5.91 Å². The third-order valence-corrected chi connectivity index (χ3v) is 4.22. The van der Waals surface area contributed by atoms with Crippen molar-refractivity contribution in [3.8, 4) is 0 Å². The first-order chi connectivity index (χ1) is 11.1. The van der Waals surface area contributed by atoms with Gasteiger partial charge >= 0.3 is 0 Å². The van der Waals surface area contributed by atoms with Gasteiger partial charge in [-0.15, -0.1) is 0 Å². The van der Waals surface area contributed by atoms with Crippen LogP contribution in [0.2, 0.25) is 0 Å². The molecule has 3 heteroatoms. The van der Waals surface area contributed by atoms with E-state index >= 15 is 0 Å². The van der Waals surface area contributed by atoms with E-state index in [1.807, 2.05) is 35.2 Å². The van der Waals surface area contributed by atoms with Gasteiger partial charge in [0.1, 0.15) is 0 Å². The van der Waals surface area contributed by atoms with Crippen LogP contribution in [0.5, 0.6) is 0 Å². The third-order valence-electron chi connectivity index (χ3n) is 4.22. The summed E-state index contributed by atoms with van der Waals surface area (Å²) in [6, 6.07) is 18.2. The zero-order valence-corrected chi connectivity index (χ0v) is 14.0. The normalized spacial score (nSPS) is 11.9. The predicted molar refractivity (Wildman–Crippen MR) is 96.2 cm³/mol. The first-order valence-electron chi connectivity index (χ1n) is 8.31. The molecule has 0 spiro atoms. The number of carbonyl (C=O) groups excluding carboxylic acids is 1. The molecule has 0 saturated heterocycles. The summed E-state index contributed by atoms with van der Waals surface area (Å²) in [5.41, 5.74) is 8.72. The van der Waals surface area contributed by atoms with Gasteiger partial charge in [-0.2, -0.15) is 0 Å². The molecule has 1 unspecified atom stereocenters. The first kappa shape index (κ1) is 17.1. The maximum Gasteiger partial charge on any atom is 0.227 e. The van der Waals surface area contributed by atoms with Gasteiger partial charge in [0.15, 0.2) is 0 Å². The average Bonchev–Trinajstić information content (AvgIpc) is 2.57. The second kappa shape index (κ2) is 8.37. The van der Waals surface area contributed by atoms with Gasteiger partial charge in [-0.1, -0.05) is 49.4 Å². The molecule has 0 saturated carbocycles. The Kier molecular flexibility index (Phi) is 6.21. The zero-order valence-electron chi connectivity index (χ0n) is 14.0. The van der Waals surface area contributed by atoms with Crippen LogP contribution in [0.3, 0.4) is 0 Å². The summed E-state index contributed by atoms with van der Waals surface area (Å²) in [4.78, 5) is 14.7. The van der Waals surface area contributed by atoms with Crippen LogP contribution in [-0.2, 0) is 17.6 Å². The van der Waals surface area contributed by atoms with Crippen LogP contribution in [0.15, 0.2) is 54.6 Å². The number of carbonyl (C=O) groups is 1. The van der Waals surface area contributed by atoms with Gasteiger partial charge in [-0.05, 0) is 43.0 Å². The van der Waals surface area contributed by atoms with E-state index < -0.39 is 0 Å². The highest BCUT2D eigenvalue weighted by Gasteiger charge is 2.21. The average molecular weight is 310 g/mol. The Bertz CT molecular complexity index is 607. The Hall–Kier alpha value is -2.29. The summed E-state index contributed by atoms with van der Waals surface area (Å²) in [7, 11) is 0. The molecule has 1 atom stereocenters. The highest BCUT2D eigenvalue weighted by atomic mass is 16.2. The molecule has 122 valence electrons. The minimum absolute atomic E-state index is 0.181.